The van der Waals surface area contributed by atoms with Crippen LogP contribution in [-0.4, -0.2) is 25.6 Å². The van der Waals surface area contributed by atoms with E-state index in [9.17, 15) is 8.42 Å². The van der Waals surface area contributed by atoms with Gasteiger partial charge in [-0.15, -0.1) is 0 Å². The van der Waals surface area contributed by atoms with Gasteiger partial charge in [0.25, 0.3) is 10.0 Å². The number of hydrogen-bond acceptors (Lipinski definition) is 6. The van der Waals surface area contributed by atoms with Crippen LogP contribution in [0, 0.1) is 13.8 Å². The van der Waals surface area contributed by atoms with E-state index in [0.717, 1.165) is 0 Å². The molecular weight excluding hydrogens is 268 g/mol. The summed E-state index contributed by atoms with van der Waals surface area (Å²) in [6.45, 7) is 3.46. The zero-order chi connectivity index (χ0) is 14.0. The summed E-state index contributed by atoms with van der Waals surface area (Å²) < 4.78 is 31.5. The number of sulfonamides is 1. The van der Waals surface area contributed by atoms with Crippen molar-refractivity contribution in [2.75, 3.05) is 17.1 Å². The van der Waals surface area contributed by atoms with Gasteiger partial charge >= 0.3 is 0 Å². The summed E-state index contributed by atoms with van der Waals surface area (Å²) in [5.74, 6) is 0.709. The summed E-state index contributed by atoms with van der Waals surface area (Å²) in [5, 5.41) is 6.51. The van der Waals surface area contributed by atoms with Crippen molar-refractivity contribution in [3.8, 4) is 0 Å². The molecule has 102 valence electrons. The first kappa shape index (κ1) is 13.3. The number of pyridine rings is 1. The molecule has 0 aliphatic heterocycles. The summed E-state index contributed by atoms with van der Waals surface area (Å²) >= 11 is 0. The average molecular weight is 282 g/mol. The smallest absolute Gasteiger partial charge is 0.265 e. The van der Waals surface area contributed by atoms with E-state index in [1.165, 1.54) is 12.3 Å². The van der Waals surface area contributed by atoms with Gasteiger partial charge in [0.1, 0.15) is 10.7 Å². The van der Waals surface area contributed by atoms with Crippen molar-refractivity contribution in [1.82, 2.24) is 10.1 Å². The fourth-order valence-corrected chi connectivity index (χ4v) is 2.37. The van der Waals surface area contributed by atoms with Crippen LogP contribution >= 0.6 is 0 Å². The van der Waals surface area contributed by atoms with Crippen LogP contribution in [0.25, 0.3) is 0 Å². The molecule has 2 rings (SSSR count). The molecule has 0 aliphatic carbocycles. The molecule has 2 aromatic heterocycles. The highest BCUT2D eigenvalue weighted by molar-refractivity contribution is 7.92. The summed E-state index contributed by atoms with van der Waals surface area (Å²) in [7, 11) is -2.02. The maximum atomic E-state index is 12.1. The summed E-state index contributed by atoms with van der Waals surface area (Å²) in [6, 6.07) is 3.03. The normalized spacial score (nSPS) is 11.3. The van der Waals surface area contributed by atoms with Gasteiger partial charge in [-0.1, -0.05) is 5.16 Å². The van der Waals surface area contributed by atoms with Crippen LogP contribution in [-0.2, 0) is 10.0 Å². The topological polar surface area (TPSA) is 97.1 Å². The zero-order valence-corrected chi connectivity index (χ0v) is 11.6. The third-order valence-corrected chi connectivity index (χ3v) is 4.00. The second-order valence-electron chi connectivity index (χ2n) is 3.96. The molecule has 2 heterocycles. The lowest BCUT2D eigenvalue weighted by Gasteiger charge is -2.06. The van der Waals surface area contributed by atoms with Gasteiger partial charge in [0.15, 0.2) is 0 Å². The van der Waals surface area contributed by atoms with E-state index in [-0.39, 0.29) is 10.8 Å². The number of hydrogen-bond donors (Lipinski definition) is 2. The van der Waals surface area contributed by atoms with Crippen LogP contribution < -0.4 is 10.0 Å². The third kappa shape index (κ3) is 2.68. The highest BCUT2D eigenvalue weighted by atomic mass is 32.2. The Hall–Kier alpha value is -2.09. The molecule has 0 bridgehead atoms. The van der Waals surface area contributed by atoms with Crippen molar-refractivity contribution in [3.05, 3.63) is 29.6 Å². The van der Waals surface area contributed by atoms with E-state index in [2.05, 4.69) is 20.2 Å². The Morgan fingerprint density at radius 3 is 2.47 bits per heavy atom. The number of aromatic nitrogens is 2. The second-order valence-corrected chi connectivity index (χ2v) is 5.64. The lowest BCUT2D eigenvalue weighted by molar-refractivity contribution is 0.430. The molecule has 8 heteroatoms. The van der Waals surface area contributed by atoms with E-state index >= 15 is 0 Å². The van der Waals surface area contributed by atoms with Crippen LogP contribution in [0.4, 0.5) is 11.7 Å². The summed E-state index contributed by atoms with van der Waals surface area (Å²) in [4.78, 5) is 4.01. The maximum absolute atomic E-state index is 12.1. The maximum Gasteiger partial charge on any atom is 0.265 e. The molecular formula is C11H14N4O3S. The number of nitrogens with one attached hydrogen (secondary N) is 2. The molecule has 0 aromatic carbocycles. The highest BCUT2D eigenvalue weighted by Gasteiger charge is 2.19. The molecule has 0 saturated carbocycles. The molecule has 0 aliphatic rings. The van der Waals surface area contributed by atoms with Crippen molar-refractivity contribution >= 4 is 21.7 Å². The van der Waals surface area contributed by atoms with Crippen LogP contribution in [0.1, 0.15) is 11.3 Å². The van der Waals surface area contributed by atoms with E-state index in [1.54, 1.807) is 27.0 Å². The number of nitrogens with zero attached hydrogens (tertiary/aromatic N) is 2. The standard InChI is InChI=1S/C11H14N4O3S/c1-7-8(2)14-18-11(7)15-19(16,17)9-4-5-10(12-3)13-6-9/h4-6,15H,1-3H3,(H,12,13). The van der Waals surface area contributed by atoms with Crippen LogP contribution in [0.2, 0.25) is 0 Å². The van der Waals surface area contributed by atoms with Crippen molar-refractivity contribution in [1.29, 1.82) is 0 Å². The Balaban J connectivity index is 2.29. The monoisotopic (exact) mass is 282 g/mol. The number of aryl methyl sites for hydroxylation is 1. The molecule has 0 unspecified atom stereocenters. The molecule has 0 radical (unpaired) electrons. The zero-order valence-electron chi connectivity index (χ0n) is 10.8. The predicted octanol–water partition coefficient (Wildman–Crippen LogP) is 1.53. The van der Waals surface area contributed by atoms with Gasteiger partial charge in [0.2, 0.25) is 5.88 Å². The van der Waals surface area contributed by atoms with E-state index in [1.807, 2.05) is 0 Å². The van der Waals surface area contributed by atoms with Gasteiger partial charge in [0.05, 0.1) is 5.69 Å². The van der Waals surface area contributed by atoms with Gasteiger partial charge in [-0.25, -0.2) is 18.1 Å². The lowest BCUT2D eigenvalue weighted by atomic mass is 10.3. The Morgan fingerprint density at radius 1 is 1.26 bits per heavy atom. The lowest BCUT2D eigenvalue weighted by Crippen LogP contribution is -2.13. The molecule has 19 heavy (non-hydrogen) atoms. The minimum atomic E-state index is -3.72. The molecule has 0 atom stereocenters. The molecule has 2 N–H and O–H groups in total. The molecule has 2 aromatic rings. The minimum absolute atomic E-state index is 0.0555. The summed E-state index contributed by atoms with van der Waals surface area (Å²) in [5.41, 5.74) is 1.30. The fourth-order valence-electron chi connectivity index (χ4n) is 1.38. The first-order chi connectivity index (χ1) is 8.94. The SMILES string of the molecule is CNc1ccc(S(=O)(=O)Nc2onc(C)c2C)cn1. The van der Waals surface area contributed by atoms with Gasteiger partial charge in [-0.2, -0.15) is 0 Å². The van der Waals surface area contributed by atoms with Crippen molar-refractivity contribution < 1.29 is 12.9 Å². The van der Waals surface area contributed by atoms with Gasteiger partial charge in [-0.05, 0) is 26.0 Å². The number of anilines is 2. The van der Waals surface area contributed by atoms with Crippen LogP contribution in [0.3, 0.4) is 0 Å². The Bertz CT molecular complexity index is 676. The predicted molar refractivity (Wildman–Crippen MR) is 70.6 cm³/mol. The van der Waals surface area contributed by atoms with Crippen molar-refractivity contribution in [2.24, 2.45) is 0 Å². The molecule has 7 nitrogen and oxygen atoms in total. The van der Waals surface area contributed by atoms with Gasteiger partial charge in [-0.3, -0.25) is 0 Å². The first-order valence-corrected chi connectivity index (χ1v) is 7.02. The second kappa shape index (κ2) is 4.88. The Labute approximate surface area is 111 Å². The van der Waals surface area contributed by atoms with E-state index < -0.39 is 10.0 Å². The van der Waals surface area contributed by atoms with E-state index in [0.29, 0.717) is 17.1 Å². The first-order valence-electron chi connectivity index (χ1n) is 5.53. The van der Waals surface area contributed by atoms with Gasteiger partial charge < -0.3 is 9.84 Å². The van der Waals surface area contributed by atoms with Crippen LogP contribution in [0.5, 0.6) is 0 Å². The molecule has 0 spiro atoms. The minimum Gasteiger partial charge on any atom is -0.373 e. The Morgan fingerprint density at radius 2 is 2.00 bits per heavy atom. The largest absolute Gasteiger partial charge is 0.373 e. The van der Waals surface area contributed by atoms with Crippen molar-refractivity contribution in [3.63, 3.8) is 0 Å². The van der Waals surface area contributed by atoms with Crippen molar-refractivity contribution in [2.45, 2.75) is 18.7 Å². The Kier molecular flexibility index (Phi) is 3.43. The van der Waals surface area contributed by atoms with E-state index in [4.69, 9.17) is 4.52 Å². The molecule has 0 fully saturated rings. The van der Waals surface area contributed by atoms with Crippen LogP contribution in [0.15, 0.2) is 27.7 Å². The molecule has 0 saturated heterocycles. The number of rotatable bonds is 4. The summed E-state index contributed by atoms with van der Waals surface area (Å²) in [6.07, 6.45) is 1.27. The fraction of sp³-hybridized carbons (Fsp3) is 0.273. The molecule has 0 amide bonds. The third-order valence-electron chi connectivity index (χ3n) is 2.69. The van der Waals surface area contributed by atoms with Gasteiger partial charge in [0, 0.05) is 18.8 Å². The highest BCUT2D eigenvalue weighted by Crippen LogP contribution is 2.21. The quantitative estimate of drug-likeness (QED) is 0.882. The average Bonchev–Trinajstić information content (AvgIpc) is 2.70.